The Morgan fingerprint density at radius 3 is 2.40 bits per heavy atom. The predicted molar refractivity (Wildman–Crippen MR) is 67.2 cm³/mol. The lowest BCUT2D eigenvalue weighted by molar-refractivity contribution is -0.139. The second kappa shape index (κ2) is 5.03. The van der Waals surface area contributed by atoms with Crippen molar-refractivity contribution in [1.29, 1.82) is 0 Å². The molecule has 20 heavy (non-hydrogen) atoms. The van der Waals surface area contributed by atoms with Gasteiger partial charge in [0.05, 0.1) is 0 Å². The van der Waals surface area contributed by atoms with E-state index < -0.39 is 5.41 Å². The predicted octanol–water partition coefficient (Wildman–Crippen LogP) is 0.703. The summed E-state index contributed by atoms with van der Waals surface area (Å²) in [6.45, 7) is 5.19. The number of hydrogen-bond donors (Lipinski definition) is 1. The molecule has 0 saturated carbocycles. The summed E-state index contributed by atoms with van der Waals surface area (Å²) in [7, 11) is 0. The summed E-state index contributed by atoms with van der Waals surface area (Å²) in [5.74, 6) is -0.666. The molecule has 0 spiro atoms. The van der Waals surface area contributed by atoms with Gasteiger partial charge >= 0.3 is 6.01 Å². The minimum atomic E-state index is -0.588. The van der Waals surface area contributed by atoms with Crippen molar-refractivity contribution in [3.63, 3.8) is 0 Å². The fraction of sp³-hybridized carbons (Fsp3) is 0.583. The van der Waals surface area contributed by atoms with Gasteiger partial charge in [-0.25, -0.2) is 0 Å². The summed E-state index contributed by atoms with van der Waals surface area (Å²) in [6, 6.07) is -0.0426. The van der Waals surface area contributed by atoms with E-state index in [9.17, 15) is 14.4 Å². The second-order valence-electron chi connectivity index (χ2n) is 5.58. The first kappa shape index (κ1) is 14.2. The van der Waals surface area contributed by atoms with Crippen LogP contribution in [0.1, 0.15) is 39.5 Å². The quantitative estimate of drug-likeness (QED) is 0.817. The van der Waals surface area contributed by atoms with Crippen molar-refractivity contribution in [2.24, 2.45) is 5.41 Å². The van der Waals surface area contributed by atoms with E-state index in [1.165, 1.54) is 0 Å². The molecule has 3 amide bonds. The van der Waals surface area contributed by atoms with Crippen LogP contribution in [0.4, 0.5) is 6.01 Å². The fourth-order valence-electron chi connectivity index (χ4n) is 1.59. The minimum absolute atomic E-state index is 0.0426. The molecule has 1 aliphatic rings. The highest BCUT2D eigenvalue weighted by molar-refractivity contribution is 6.01. The Morgan fingerprint density at radius 1 is 1.25 bits per heavy atom. The van der Waals surface area contributed by atoms with Gasteiger partial charge in [-0.15, -0.1) is 5.10 Å². The Kier molecular flexibility index (Phi) is 3.56. The number of amides is 3. The van der Waals surface area contributed by atoms with Crippen LogP contribution in [0, 0.1) is 5.41 Å². The van der Waals surface area contributed by atoms with Crippen LogP contribution in [0.25, 0.3) is 0 Å². The first-order valence-electron chi connectivity index (χ1n) is 6.24. The molecule has 8 nitrogen and oxygen atoms in total. The van der Waals surface area contributed by atoms with Crippen LogP contribution in [0.15, 0.2) is 4.42 Å². The zero-order chi connectivity index (χ0) is 14.9. The van der Waals surface area contributed by atoms with Gasteiger partial charge in [-0.3, -0.25) is 24.6 Å². The molecule has 2 heterocycles. The average Bonchev–Trinajstić information content (AvgIpc) is 2.90. The van der Waals surface area contributed by atoms with Gasteiger partial charge in [-0.05, 0) is 0 Å². The molecular formula is C12H16N4O4. The summed E-state index contributed by atoms with van der Waals surface area (Å²) in [6.07, 6.45) is 0.418. The lowest BCUT2D eigenvalue weighted by Crippen LogP contribution is -2.28. The molecule has 8 heteroatoms. The van der Waals surface area contributed by atoms with E-state index in [1.54, 1.807) is 20.8 Å². The lowest BCUT2D eigenvalue weighted by atomic mass is 9.96. The van der Waals surface area contributed by atoms with Gasteiger partial charge in [0.1, 0.15) is 6.54 Å². The summed E-state index contributed by atoms with van der Waals surface area (Å²) in [5, 5.41) is 9.85. The van der Waals surface area contributed by atoms with E-state index in [-0.39, 0.29) is 49.0 Å². The van der Waals surface area contributed by atoms with Crippen LogP contribution in [0.3, 0.4) is 0 Å². The summed E-state index contributed by atoms with van der Waals surface area (Å²) < 4.78 is 5.21. The van der Waals surface area contributed by atoms with E-state index in [2.05, 4.69) is 15.5 Å². The molecule has 0 aliphatic carbocycles. The van der Waals surface area contributed by atoms with Gasteiger partial charge in [0.15, 0.2) is 0 Å². The van der Waals surface area contributed by atoms with Crippen LogP contribution >= 0.6 is 0 Å². The smallest absolute Gasteiger partial charge is 0.322 e. The van der Waals surface area contributed by atoms with Crippen molar-refractivity contribution >= 4 is 23.7 Å². The van der Waals surface area contributed by atoms with E-state index in [1.807, 2.05) is 0 Å². The lowest BCUT2D eigenvalue weighted by Gasteiger charge is -2.15. The topological polar surface area (TPSA) is 105 Å². The van der Waals surface area contributed by atoms with Crippen molar-refractivity contribution < 1.29 is 18.8 Å². The highest BCUT2D eigenvalue weighted by Crippen LogP contribution is 2.18. The molecule has 0 radical (unpaired) electrons. The molecule has 1 N–H and O–H groups in total. The first-order valence-corrected chi connectivity index (χ1v) is 6.24. The standard InChI is InChI=1S/C12H16N4O4/c1-12(2,3)10(19)13-11-15-14-7(20-11)6-16-8(17)4-5-9(16)18/h4-6H2,1-3H3,(H,13,15,19). The van der Waals surface area contributed by atoms with E-state index >= 15 is 0 Å². The summed E-state index contributed by atoms with van der Waals surface area (Å²) in [5.41, 5.74) is -0.588. The van der Waals surface area contributed by atoms with Crippen LogP contribution in [-0.2, 0) is 20.9 Å². The largest absolute Gasteiger partial charge is 0.406 e. The van der Waals surface area contributed by atoms with Gasteiger partial charge in [-0.1, -0.05) is 25.9 Å². The number of nitrogens with zero attached hydrogens (tertiary/aromatic N) is 3. The summed E-state index contributed by atoms with van der Waals surface area (Å²) >= 11 is 0. The van der Waals surface area contributed by atoms with Crippen molar-refractivity contribution in [3.05, 3.63) is 5.89 Å². The summed E-state index contributed by atoms with van der Waals surface area (Å²) in [4.78, 5) is 35.7. The Balaban J connectivity index is 2.01. The molecule has 0 atom stereocenters. The molecule has 1 aliphatic heterocycles. The number of carbonyl (C=O) groups is 3. The molecule has 2 rings (SSSR count). The van der Waals surface area contributed by atoms with Crippen molar-refractivity contribution in [2.45, 2.75) is 40.2 Å². The van der Waals surface area contributed by atoms with Gasteiger partial charge in [-0.2, -0.15) is 0 Å². The van der Waals surface area contributed by atoms with Crippen molar-refractivity contribution in [2.75, 3.05) is 5.32 Å². The SMILES string of the molecule is CC(C)(C)C(=O)Nc1nnc(CN2C(=O)CCC2=O)o1. The molecule has 1 aromatic heterocycles. The van der Waals surface area contributed by atoms with E-state index in [0.29, 0.717) is 0 Å². The van der Waals surface area contributed by atoms with Crippen LogP contribution < -0.4 is 5.32 Å². The van der Waals surface area contributed by atoms with Crippen LogP contribution in [0.2, 0.25) is 0 Å². The molecule has 108 valence electrons. The third-order valence-corrected chi connectivity index (χ3v) is 2.82. The number of likely N-dealkylation sites (tertiary alicyclic amines) is 1. The maximum Gasteiger partial charge on any atom is 0.322 e. The maximum atomic E-state index is 11.7. The monoisotopic (exact) mass is 280 g/mol. The maximum absolute atomic E-state index is 11.7. The van der Waals surface area contributed by atoms with E-state index in [0.717, 1.165) is 4.90 Å². The zero-order valence-electron chi connectivity index (χ0n) is 11.6. The van der Waals surface area contributed by atoms with Crippen LogP contribution in [0.5, 0.6) is 0 Å². The number of nitrogens with one attached hydrogen (secondary N) is 1. The first-order chi connectivity index (χ1) is 9.27. The number of aromatic nitrogens is 2. The Morgan fingerprint density at radius 2 is 1.85 bits per heavy atom. The third kappa shape index (κ3) is 3.01. The third-order valence-electron chi connectivity index (χ3n) is 2.82. The highest BCUT2D eigenvalue weighted by Gasteiger charge is 2.30. The molecule has 0 aromatic carbocycles. The molecule has 1 aromatic rings. The van der Waals surface area contributed by atoms with Gasteiger partial charge < -0.3 is 4.42 Å². The van der Waals surface area contributed by atoms with Gasteiger partial charge in [0, 0.05) is 18.3 Å². The Bertz CT molecular complexity index is 542. The normalized spacial score (nSPS) is 15.8. The number of anilines is 1. The van der Waals surface area contributed by atoms with Crippen molar-refractivity contribution in [3.8, 4) is 0 Å². The average molecular weight is 280 g/mol. The molecular weight excluding hydrogens is 264 g/mol. The number of carbonyl (C=O) groups excluding carboxylic acids is 3. The van der Waals surface area contributed by atoms with Crippen LogP contribution in [-0.4, -0.2) is 32.8 Å². The molecule has 1 fully saturated rings. The second-order valence-corrected chi connectivity index (χ2v) is 5.58. The molecule has 1 saturated heterocycles. The van der Waals surface area contributed by atoms with E-state index in [4.69, 9.17) is 4.42 Å². The number of hydrogen-bond acceptors (Lipinski definition) is 6. The Labute approximate surface area is 115 Å². The number of rotatable bonds is 3. The minimum Gasteiger partial charge on any atom is -0.406 e. The molecule has 0 bridgehead atoms. The Hall–Kier alpha value is -2.25. The highest BCUT2D eigenvalue weighted by atomic mass is 16.4. The molecule has 0 unspecified atom stereocenters. The van der Waals surface area contributed by atoms with Gasteiger partial charge in [0.2, 0.25) is 23.6 Å². The fourth-order valence-corrected chi connectivity index (χ4v) is 1.59. The van der Waals surface area contributed by atoms with Gasteiger partial charge in [0.25, 0.3) is 0 Å². The van der Waals surface area contributed by atoms with Crippen molar-refractivity contribution in [1.82, 2.24) is 15.1 Å². The number of imide groups is 1. The zero-order valence-corrected chi connectivity index (χ0v) is 11.6.